The molecule has 0 atom stereocenters. The Kier molecular flexibility index (Phi) is 4.64. The predicted molar refractivity (Wildman–Crippen MR) is 101 cm³/mol. The average Bonchev–Trinajstić information content (AvgIpc) is 2.85. The summed E-state index contributed by atoms with van der Waals surface area (Å²) in [6.07, 6.45) is 1.50. The molecule has 2 aromatic carbocycles. The number of hydrogen-bond donors (Lipinski definition) is 1. The van der Waals surface area contributed by atoms with E-state index in [1.54, 1.807) is 24.3 Å². The first-order valence-electron chi connectivity index (χ1n) is 8.69. The molecular weight excluding hydrogens is 328 g/mol. The number of fused-ring (bicyclic) bond motifs is 1. The van der Waals surface area contributed by atoms with E-state index in [1.807, 2.05) is 39.8 Å². The van der Waals surface area contributed by atoms with Crippen LogP contribution in [0.2, 0.25) is 0 Å². The van der Waals surface area contributed by atoms with Gasteiger partial charge in [0.15, 0.2) is 0 Å². The molecule has 1 aliphatic heterocycles. The van der Waals surface area contributed by atoms with Gasteiger partial charge in [0, 0.05) is 0 Å². The number of phenols is 1. The van der Waals surface area contributed by atoms with E-state index in [0.29, 0.717) is 16.9 Å². The van der Waals surface area contributed by atoms with Crippen LogP contribution in [-0.2, 0) is 0 Å². The zero-order chi connectivity index (χ0) is 19.0. The van der Waals surface area contributed by atoms with E-state index in [1.165, 1.54) is 6.21 Å². The Morgan fingerprint density at radius 1 is 0.923 bits per heavy atom. The Hall–Kier alpha value is -2.95. The molecule has 0 aliphatic carbocycles. The van der Waals surface area contributed by atoms with Gasteiger partial charge in [-0.15, -0.1) is 0 Å². The van der Waals surface area contributed by atoms with Crippen molar-refractivity contribution < 1.29 is 14.7 Å². The smallest absolute Gasteiger partial charge is 0.282 e. The summed E-state index contributed by atoms with van der Waals surface area (Å²) in [5, 5.41) is 15.5. The van der Waals surface area contributed by atoms with Crippen molar-refractivity contribution in [3.8, 4) is 5.75 Å². The number of hydrogen-bond acceptors (Lipinski definition) is 4. The zero-order valence-corrected chi connectivity index (χ0v) is 15.4. The SMILES string of the molecule is CC(C)c1cc(/C=N\N2C(=O)c3ccccc3C2=O)cc(C(C)C)c1O. The van der Waals surface area contributed by atoms with Gasteiger partial charge in [0.05, 0.1) is 17.3 Å². The maximum Gasteiger partial charge on any atom is 0.282 e. The monoisotopic (exact) mass is 350 g/mol. The Balaban J connectivity index is 1.97. The van der Waals surface area contributed by atoms with Gasteiger partial charge >= 0.3 is 0 Å². The third kappa shape index (κ3) is 3.01. The average molecular weight is 350 g/mol. The molecule has 2 amide bonds. The van der Waals surface area contributed by atoms with Crippen molar-refractivity contribution in [1.29, 1.82) is 0 Å². The largest absolute Gasteiger partial charge is 0.507 e. The summed E-state index contributed by atoms with van der Waals surface area (Å²) in [5.74, 6) is -0.268. The molecule has 0 bridgehead atoms. The summed E-state index contributed by atoms with van der Waals surface area (Å²) in [5.41, 5.74) is 3.11. The lowest BCUT2D eigenvalue weighted by atomic mass is 9.92. The first-order chi connectivity index (χ1) is 12.3. The van der Waals surface area contributed by atoms with Crippen LogP contribution in [0.4, 0.5) is 0 Å². The van der Waals surface area contributed by atoms with E-state index in [0.717, 1.165) is 21.7 Å². The summed E-state index contributed by atoms with van der Waals surface area (Å²) in [6, 6.07) is 10.4. The van der Waals surface area contributed by atoms with Crippen LogP contribution in [0.1, 0.15) is 76.9 Å². The van der Waals surface area contributed by atoms with Crippen LogP contribution in [0, 0.1) is 0 Å². The molecule has 0 unspecified atom stereocenters. The lowest BCUT2D eigenvalue weighted by molar-refractivity contribution is 0.0660. The van der Waals surface area contributed by atoms with Gasteiger partial charge in [0.25, 0.3) is 11.8 Å². The van der Waals surface area contributed by atoms with Crippen molar-refractivity contribution in [1.82, 2.24) is 5.01 Å². The van der Waals surface area contributed by atoms with Gasteiger partial charge in [0.2, 0.25) is 0 Å². The second-order valence-corrected chi connectivity index (χ2v) is 7.07. The number of hydrazone groups is 1. The van der Waals surface area contributed by atoms with Gasteiger partial charge in [-0.2, -0.15) is 10.1 Å². The number of phenolic OH excluding ortho intramolecular Hbond substituents is 1. The molecule has 0 saturated heterocycles. The van der Waals surface area contributed by atoms with Gasteiger partial charge in [0.1, 0.15) is 5.75 Å². The van der Waals surface area contributed by atoms with Gasteiger partial charge in [-0.3, -0.25) is 9.59 Å². The van der Waals surface area contributed by atoms with Gasteiger partial charge in [-0.05, 0) is 52.8 Å². The summed E-state index contributed by atoms with van der Waals surface area (Å²) >= 11 is 0. The highest BCUT2D eigenvalue weighted by Crippen LogP contribution is 2.34. The van der Waals surface area contributed by atoms with E-state index >= 15 is 0 Å². The molecule has 0 radical (unpaired) electrons. The third-order valence-electron chi connectivity index (χ3n) is 4.53. The molecule has 2 aromatic rings. The highest BCUT2D eigenvalue weighted by atomic mass is 16.3. The van der Waals surface area contributed by atoms with Crippen molar-refractivity contribution in [3.63, 3.8) is 0 Å². The van der Waals surface area contributed by atoms with Gasteiger partial charge in [-0.25, -0.2) is 0 Å². The number of amides is 2. The van der Waals surface area contributed by atoms with E-state index < -0.39 is 11.8 Å². The second-order valence-electron chi connectivity index (χ2n) is 7.07. The highest BCUT2D eigenvalue weighted by Gasteiger charge is 2.35. The molecule has 0 spiro atoms. The molecule has 26 heavy (non-hydrogen) atoms. The predicted octanol–water partition coefficient (Wildman–Crippen LogP) is 4.27. The van der Waals surface area contributed by atoms with Crippen LogP contribution in [0.5, 0.6) is 5.75 Å². The van der Waals surface area contributed by atoms with E-state index in [-0.39, 0.29) is 11.8 Å². The van der Waals surface area contributed by atoms with Crippen LogP contribution >= 0.6 is 0 Å². The molecule has 1 aliphatic rings. The van der Waals surface area contributed by atoms with E-state index in [9.17, 15) is 14.7 Å². The Morgan fingerprint density at radius 2 is 1.38 bits per heavy atom. The van der Waals surface area contributed by atoms with Crippen LogP contribution < -0.4 is 0 Å². The van der Waals surface area contributed by atoms with E-state index in [4.69, 9.17) is 0 Å². The number of aromatic hydroxyl groups is 1. The normalized spacial score (nSPS) is 14.2. The minimum Gasteiger partial charge on any atom is -0.507 e. The zero-order valence-electron chi connectivity index (χ0n) is 15.4. The van der Waals surface area contributed by atoms with Crippen molar-refractivity contribution in [3.05, 3.63) is 64.2 Å². The Bertz CT molecular complexity index is 849. The fourth-order valence-corrected chi connectivity index (χ4v) is 3.06. The molecule has 0 saturated carbocycles. The lowest BCUT2D eigenvalue weighted by Crippen LogP contribution is -2.24. The molecule has 1 N–H and O–H groups in total. The summed E-state index contributed by atoms with van der Waals surface area (Å²) in [6.45, 7) is 8.02. The molecule has 5 nitrogen and oxygen atoms in total. The standard InChI is InChI=1S/C21H22N2O3/c1-12(2)17-9-14(10-18(13(3)4)19(17)24)11-22-23-20(25)15-7-5-6-8-16(15)21(23)26/h5-13,24H,1-4H3/b22-11-. The fraction of sp³-hybridized carbons (Fsp3) is 0.286. The Labute approximate surface area is 153 Å². The number of carbonyl (C=O) groups excluding carboxylic acids is 2. The fourth-order valence-electron chi connectivity index (χ4n) is 3.06. The van der Waals surface area contributed by atoms with Crippen molar-refractivity contribution in [2.75, 3.05) is 0 Å². The van der Waals surface area contributed by atoms with Crippen molar-refractivity contribution in [2.45, 2.75) is 39.5 Å². The number of imide groups is 1. The minimum atomic E-state index is -0.422. The van der Waals surface area contributed by atoms with Crippen LogP contribution in [0.15, 0.2) is 41.5 Å². The summed E-state index contributed by atoms with van der Waals surface area (Å²) < 4.78 is 0. The van der Waals surface area contributed by atoms with Crippen LogP contribution in [0.3, 0.4) is 0 Å². The van der Waals surface area contributed by atoms with Gasteiger partial charge in [-0.1, -0.05) is 39.8 Å². The minimum absolute atomic E-state index is 0.139. The second kappa shape index (κ2) is 6.75. The number of benzene rings is 2. The molecule has 1 heterocycles. The first-order valence-corrected chi connectivity index (χ1v) is 8.69. The molecule has 5 heteroatoms. The van der Waals surface area contributed by atoms with Crippen LogP contribution in [0.25, 0.3) is 0 Å². The Morgan fingerprint density at radius 3 is 1.81 bits per heavy atom. The van der Waals surface area contributed by atoms with Gasteiger partial charge < -0.3 is 5.11 Å². The number of rotatable bonds is 4. The van der Waals surface area contributed by atoms with E-state index in [2.05, 4.69) is 5.10 Å². The maximum absolute atomic E-state index is 12.4. The quantitative estimate of drug-likeness (QED) is 0.661. The lowest BCUT2D eigenvalue weighted by Gasteiger charge is -2.16. The van der Waals surface area contributed by atoms with Crippen LogP contribution in [-0.4, -0.2) is 28.1 Å². The topological polar surface area (TPSA) is 70.0 Å². The van der Waals surface area contributed by atoms with Crippen molar-refractivity contribution >= 4 is 18.0 Å². The summed E-state index contributed by atoms with van der Waals surface area (Å²) in [4.78, 5) is 24.8. The maximum atomic E-state index is 12.4. The molecule has 0 fully saturated rings. The number of nitrogens with zero attached hydrogens (tertiary/aromatic N) is 2. The van der Waals surface area contributed by atoms with Crippen molar-refractivity contribution in [2.24, 2.45) is 5.10 Å². The molecule has 3 rings (SSSR count). The first kappa shape index (κ1) is 17.9. The molecular formula is C21H22N2O3. The molecule has 134 valence electrons. The summed E-state index contributed by atoms with van der Waals surface area (Å²) in [7, 11) is 0. The molecule has 0 aromatic heterocycles. The highest BCUT2D eigenvalue weighted by molar-refractivity contribution is 6.21. The number of carbonyl (C=O) groups is 2. The third-order valence-corrected chi connectivity index (χ3v) is 4.53.